The highest BCUT2D eigenvalue weighted by molar-refractivity contribution is 5.80. The van der Waals surface area contributed by atoms with Crippen molar-refractivity contribution in [3.63, 3.8) is 0 Å². The van der Waals surface area contributed by atoms with Crippen LogP contribution in [0, 0.1) is 5.82 Å². The van der Waals surface area contributed by atoms with Crippen molar-refractivity contribution in [1.29, 1.82) is 0 Å². The normalized spacial score (nSPS) is 17.1. The van der Waals surface area contributed by atoms with Crippen LogP contribution in [-0.4, -0.2) is 61.3 Å². The van der Waals surface area contributed by atoms with Crippen molar-refractivity contribution in [2.24, 2.45) is 0 Å². The van der Waals surface area contributed by atoms with E-state index in [4.69, 9.17) is 0 Å². The van der Waals surface area contributed by atoms with Gasteiger partial charge in [0.05, 0.1) is 5.69 Å². The van der Waals surface area contributed by atoms with Gasteiger partial charge in [-0.15, -0.1) is 0 Å². The molecular formula is C17H26FN3O2. The summed E-state index contributed by atoms with van der Waals surface area (Å²) in [6.07, 6.45) is 0.380. The van der Waals surface area contributed by atoms with Gasteiger partial charge in [-0.2, -0.15) is 0 Å². The molecule has 0 spiro atoms. The fourth-order valence-corrected chi connectivity index (χ4v) is 2.74. The van der Waals surface area contributed by atoms with Crippen molar-refractivity contribution in [3.8, 4) is 0 Å². The minimum absolute atomic E-state index is 0.168. The Labute approximate surface area is 137 Å². The van der Waals surface area contributed by atoms with E-state index in [1.807, 2.05) is 12.1 Å². The maximum Gasteiger partial charge on any atom is 0.248 e. The number of nitrogens with zero attached hydrogens (tertiary/aromatic N) is 2. The van der Waals surface area contributed by atoms with E-state index < -0.39 is 6.10 Å². The van der Waals surface area contributed by atoms with Crippen LogP contribution in [0.2, 0.25) is 0 Å². The Bertz CT molecular complexity index is 504. The molecule has 0 bridgehead atoms. The number of para-hydroxylation sites is 1. The second-order valence-corrected chi connectivity index (χ2v) is 5.85. The molecule has 2 rings (SSSR count). The van der Waals surface area contributed by atoms with E-state index in [9.17, 15) is 14.3 Å². The third-order valence-electron chi connectivity index (χ3n) is 4.21. The van der Waals surface area contributed by atoms with E-state index in [1.54, 1.807) is 13.0 Å². The molecule has 1 unspecified atom stereocenters. The maximum atomic E-state index is 13.8. The van der Waals surface area contributed by atoms with Crippen molar-refractivity contribution in [2.75, 3.05) is 44.2 Å². The van der Waals surface area contributed by atoms with Crippen molar-refractivity contribution in [3.05, 3.63) is 30.1 Å². The van der Waals surface area contributed by atoms with Gasteiger partial charge in [-0.05, 0) is 31.5 Å². The summed E-state index contributed by atoms with van der Waals surface area (Å²) >= 11 is 0. The second-order valence-electron chi connectivity index (χ2n) is 5.85. The van der Waals surface area contributed by atoms with Gasteiger partial charge in [0.15, 0.2) is 0 Å². The summed E-state index contributed by atoms with van der Waals surface area (Å²) in [5, 5.41) is 12.1. The highest BCUT2D eigenvalue weighted by Gasteiger charge is 2.19. The summed E-state index contributed by atoms with van der Waals surface area (Å²) in [5.74, 6) is -0.463. The van der Waals surface area contributed by atoms with E-state index >= 15 is 0 Å². The van der Waals surface area contributed by atoms with Crippen molar-refractivity contribution < 1.29 is 14.3 Å². The number of hydrogen-bond acceptors (Lipinski definition) is 4. The number of anilines is 1. The number of carbonyl (C=O) groups is 1. The number of piperazine rings is 1. The summed E-state index contributed by atoms with van der Waals surface area (Å²) in [7, 11) is 0. The molecule has 1 saturated heterocycles. The number of nitrogens with one attached hydrogen (secondary N) is 1. The molecule has 1 aliphatic rings. The zero-order valence-corrected chi connectivity index (χ0v) is 13.7. The standard InChI is InChI=1S/C17H26FN3O2/c1-2-16(22)17(23)19-8-5-9-20-10-12-21(13-11-20)15-7-4-3-6-14(15)18/h3-4,6-7,16,22H,2,5,8-13H2,1H3,(H,19,23). The topological polar surface area (TPSA) is 55.8 Å². The Kier molecular flexibility index (Phi) is 6.80. The molecule has 0 aromatic heterocycles. The average Bonchev–Trinajstić information content (AvgIpc) is 2.59. The Hall–Kier alpha value is -1.66. The van der Waals surface area contributed by atoms with E-state index in [0.717, 1.165) is 39.1 Å². The number of halogens is 1. The van der Waals surface area contributed by atoms with Crippen LogP contribution in [0.25, 0.3) is 0 Å². The number of hydrogen-bond donors (Lipinski definition) is 2. The monoisotopic (exact) mass is 323 g/mol. The molecule has 0 saturated carbocycles. The van der Waals surface area contributed by atoms with Gasteiger partial charge in [0, 0.05) is 32.7 Å². The maximum absolute atomic E-state index is 13.8. The highest BCUT2D eigenvalue weighted by atomic mass is 19.1. The third-order valence-corrected chi connectivity index (χ3v) is 4.21. The number of benzene rings is 1. The molecule has 1 aliphatic heterocycles. The summed E-state index contributed by atoms with van der Waals surface area (Å²) in [4.78, 5) is 15.8. The molecule has 1 aromatic carbocycles. The van der Waals surface area contributed by atoms with E-state index in [1.165, 1.54) is 6.07 Å². The van der Waals surface area contributed by atoms with Gasteiger partial charge in [0.2, 0.25) is 5.91 Å². The van der Waals surface area contributed by atoms with Crippen molar-refractivity contribution in [1.82, 2.24) is 10.2 Å². The SMILES string of the molecule is CCC(O)C(=O)NCCCN1CCN(c2ccccc2F)CC1. The molecule has 5 nitrogen and oxygen atoms in total. The number of aliphatic hydroxyl groups excluding tert-OH is 1. The van der Waals surface area contributed by atoms with Crippen molar-refractivity contribution in [2.45, 2.75) is 25.9 Å². The Morgan fingerprint density at radius 3 is 2.65 bits per heavy atom. The lowest BCUT2D eigenvalue weighted by atomic mass is 10.2. The Morgan fingerprint density at radius 1 is 1.30 bits per heavy atom. The molecule has 1 aromatic rings. The van der Waals surface area contributed by atoms with Gasteiger partial charge in [-0.25, -0.2) is 4.39 Å². The van der Waals surface area contributed by atoms with E-state index in [2.05, 4.69) is 15.1 Å². The summed E-state index contributed by atoms with van der Waals surface area (Å²) in [6.45, 7) is 6.64. The largest absolute Gasteiger partial charge is 0.383 e. The molecule has 23 heavy (non-hydrogen) atoms. The van der Waals surface area contributed by atoms with Gasteiger partial charge in [-0.3, -0.25) is 9.69 Å². The quantitative estimate of drug-likeness (QED) is 0.741. The van der Waals surface area contributed by atoms with Crippen LogP contribution in [0.4, 0.5) is 10.1 Å². The molecule has 2 N–H and O–H groups in total. The average molecular weight is 323 g/mol. The molecule has 0 aliphatic carbocycles. The van der Waals surface area contributed by atoms with Crippen LogP contribution >= 0.6 is 0 Å². The predicted octanol–water partition coefficient (Wildman–Crippen LogP) is 1.22. The zero-order chi connectivity index (χ0) is 16.7. The second kappa shape index (κ2) is 8.84. The van der Waals surface area contributed by atoms with E-state index in [-0.39, 0.29) is 11.7 Å². The number of rotatable bonds is 7. The van der Waals surface area contributed by atoms with Crippen LogP contribution < -0.4 is 10.2 Å². The summed E-state index contributed by atoms with van der Waals surface area (Å²) in [6, 6.07) is 6.88. The first-order valence-corrected chi connectivity index (χ1v) is 8.29. The molecule has 0 radical (unpaired) electrons. The minimum atomic E-state index is -0.903. The highest BCUT2D eigenvalue weighted by Crippen LogP contribution is 2.20. The number of amides is 1. The Balaban J connectivity index is 1.66. The van der Waals surface area contributed by atoms with Crippen LogP contribution in [0.15, 0.2) is 24.3 Å². The first-order chi connectivity index (χ1) is 11.1. The van der Waals surface area contributed by atoms with Gasteiger partial charge in [0.25, 0.3) is 0 Å². The van der Waals surface area contributed by atoms with Crippen LogP contribution in [0.3, 0.4) is 0 Å². The minimum Gasteiger partial charge on any atom is -0.383 e. The molecule has 1 atom stereocenters. The lowest BCUT2D eigenvalue weighted by Crippen LogP contribution is -2.47. The molecule has 128 valence electrons. The van der Waals surface area contributed by atoms with E-state index in [0.29, 0.717) is 18.7 Å². The first-order valence-electron chi connectivity index (χ1n) is 8.29. The predicted molar refractivity (Wildman–Crippen MR) is 89.0 cm³/mol. The fourth-order valence-electron chi connectivity index (χ4n) is 2.74. The van der Waals surface area contributed by atoms with Crippen LogP contribution in [0.1, 0.15) is 19.8 Å². The van der Waals surface area contributed by atoms with Gasteiger partial charge in [0.1, 0.15) is 11.9 Å². The zero-order valence-electron chi connectivity index (χ0n) is 13.7. The summed E-state index contributed by atoms with van der Waals surface area (Å²) in [5.41, 5.74) is 0.674. The van der Waals surface area contributed by atoms with Crippen LogP contribution in [0.5, 0.6) is 0 Å². The smallest absolute Gasteiger partial charge is 0.248 e. The number of aliphatic hydroxyl groups is 1. The molecule has 6 heteroatoms. The van der Waals surface area contributed by atoms with Crippen LogP contribution in [-0.2, 0) is 4.79 Å². The molecule has 1 amide bonds. The lowest BCUT2D eigenvalue weighted by Gasteiger charge is -2.36. The third kappa shape index (κ3) is 5.18. The van der Waals surface area contributed by atoms with Gasteiger partial charge >= 0.3 is 0 Å². The lowest BCUT2D eigenvalue weighted by molar-refractivity contribution is -0.129. The van der Waals surface area contributed by atoms with Gasteiger partial charge in [-0.1, -0.05) is 19.1 Å². The summed E-state index contributed by atoms with van der Waals surface area (Å²) < 4.78 is 13.8. The fraction of sp³-hybridized carbons (Fsp3) is 0.588. The molecule has 1 fully saturated rings. The van der Waals surface area contributed by atoms with Crippen molar-refractivity contribution >= 4 is 11.6 Å². The number of carbonyl (C=O) groups excluding carboxylic acids is 1. The van der Waals surface area contributed by atoms with Gasteiger partial charge < -0.3 is 15.3 Å². The molecular weight excluding hydrogens is 297 g/mol. The first kappa shape index (κ1) is 17.7. The molecule has 1 heterocycles. The Morgan fingerprint density at radius 2 is 2.00 bits per heavy atom.